The van der Waals surface area contributed by atoms with E-state index in [1.54, 1.807) is 4.52 Å². The molecule has 0 aliphatic rings. The van der Waals surface area contributed by atoms with Gasteiger partial charge in [-0.25, -0.2) is 9.50 Å². The largest absolute Gasteiger partial charge is 0.456 e. The van der Waals surface area contributed by atoms with Gasteiger partial charge in [0.15, 0.2) is 12.3 Å². The van der Waals surface area contributed by atoms with Gasteiger partial charge in [0.2, 0.25) is 5.91 Å². The minimum Gasteiger partial charge on any atom is -0.456 e. The SMILES string of the molecule is Cc1cc2nc(C)c(CCC(=O)OCC(=O)NCC(=O)NC(C)C)c(C)n2n1. The Hall–Kier alpha value is -2.97. The Morgan fingerprint density at radius 1 is 1.18 bits per heavy atom. The van der Waals surface area contributed by atoms with Crippen LogP contribution in [0.25, 0.3) is 5.65 Å². The Balaban J connectivity index is 1.82. The Morgan fingerprint density at radius 3 is 2.57 bits per heavy atom. The minimum atomic E-state index is -0.519. The highest BCUT2D eigenvalue weighted by atomic mass is 16.5. The van der Waals surface area contributed by atoms with Gasteiger partial charge in [-0.15, -0.1) is 0 Å². The van der Waals surface area contributed by atoms with Crippen LogP contribution in [0.4, 0.5) is 0 Å². The van der Waals surface area contributed by atoms with Crippen molar-refractivity contribution < 1.29 is 19.1 Å². The fraction of sp³-hybridized carbons (Fsp3) is 0.526. The van der Waals surface area contributed by atoms with E-state index in [9.17, 15) is 14.4 Å². The standard InChI is InChI=1S/C19H27N5O4/c1-11(2)21-17(25)9-20-18(26)10-28-19(27)7-6-15-13(4)22-16-8-12(3)23-24(16)14(15)5/h8,11H,6-7,9-10H2,1-5H3,(H,20,26)(H,21,25). The Morgan fingerprint density at radius 2 is 1.89 bits per heavy atom. The lowest BCUT2D eigenvalue weighted by molar-refractivity contribution is -0.148. The van der Waals surface area contributed by atoms with Gasteiger partial charge in [0, 0.05) is 29.9 Å². The number of carbonyl (C=O) groups excluding carboxylic acids is 3. The first-order valence-electron chi connectivity index (χ1n) is 9.21. The average molecular weight is 389 g/mol. The van der Waals surface area contributed by atoms with E-state index < -0.39 is 18.5 Å². The Bertz CT molecular complexity index is 888. The molecule has 0 radical (unpaired) electrons. The number of carbonyl (C=O) groups is 3. The van der Waals surface area contributed by atoms with Crippen molar-refractivity contribution in [3.63, 3.8) is 0 Å². The number of aryl methyl sites for hydroxylation is 3. The molecule has 2 amide bonds. The number of aromatic nitrogens is 3. The van der Waals surface area contributed by atoms with Crippen molar-refractivity contribution >= 4 is 23.4 Å². The molecule has 0 spiro atoms. The number of hydrogen-bond donors (Lipinski definition) is 2. The van der Waals surface area contributed by atoms with E-state index in [-0.39, 0.29) is 24.9 Å². The second-order valence-corrected chi connectivity index (χ2v) is 6.98. The number of nitrogens with zero attached hydrogens (tertiary/aromatic N) is 3. The van der Waals surface area contributed by atoms with Crippen LogP contribution in [-0.4, -0.2) is 51.6 Å². The van der Waals surface area contributed by atoms with E-state index >= 15 is 0 Å². The number of rotatable bonds is 8. The molecular weight excluding hydrogens is 362 g/mol. The lowest BCUT2D eigenvalue weighted by Gasteiger charge is -2.11. The van der Waals surface area contributed by atoms with Crippen LogP contribution in [0.2, 0.25) is 0 Å². The first-order chi connectivity index (χ1) is 13.2. The first kappa shape index (κ1) is 21.3. The summed E-state index contributed by atoms with van der Waals surface area (Å²) < 4.78 is 6.75. The van der Waals surface area contributed by atoms with E-state index in [2.05, 4.69) is 20.7 Å². The molecule has 0 atom stereocenters. The third-order valence-corrected chi connectivity index (χ3v) is 4.13. The van der Waals surface area contributed by atoms with Crippen molar-refractivity contribution in [2.75, 3.05) is 13.2 Å². The van der Waals surface area contributed by atoms with E-state index in [1.165, 1.54) is 0 Å². The summed E-state index contributed by atoms with van der Waals surface area (Å²) in [6, 6.07) is 1.89. The first-order valence-corrected chi connectivity index (χ1v) is 9.21. The number of hydrogen-bond acceptors (Lipinski definition) is 6. The molecule has 2 aromatic heterocycles. The van der Waals surface area contributed by atoms with Crippen LogP contribution in [0.3, 0.4) is 0 Å². The lowest BCUT2D eigenvalue weighted by atomic mass is 10.1. The summed E-state index contributed by atoms with van der Waals surface area (Å²) in [5, 5.41) is 9.47. The smallest absolute Gasteiger partial charge is 0.306 e. The fourth-order valence-electron chi connectivity index (χ4n) is 2.85. The average Bonchev–Trinajstić information content (AvgIpc) is 2.97. The zero-order valence-electron chi connectivity index (χ0n) is 17.0. The lowest BCUT2D eigenvalue weighted by Crippen LogP contribution is -2.41. The number of fused-ring (bicyclic) bond motifs is 1. The topological polar surface area (TPSA) is 115 Å². The van der Waals surface area contributed by atoms with Crippen LogP contribution in [0, 0.1) is 20.8 Å². The van der Waals surface area contributed by atoms with Crippen molar-refractivity contribution in [1.82, 2.24) is 25.2 Å². The van der Waals surface area contributed by atoms with Gasteiger partial charge in [0.05, 0.1) is 12.2 Å². The highest BCUT2D eigenvalue weighted by Crippen LogP contribution is 2.17. The molecular formula is C19H27N5O4. The van der Waals surface area contributed by atoms with Gasteiger partial charge >= 0.3 is 5.97 Å². The van der Waals surface area contributed by atoms with Crippen LogP contribution in [0.5, 0.6) is 0 Å². The van der Waals surface area contributed by atoms with Crippen LogP contribution >= 0.6 is 0 Å². The summed E-state index contributed by atoms with van der Waals surface area (Å²) in [6.07, 6.45) is 0.562. The maximum Gasteiger partial charge on any atom is 0.306 e. The second kappa shape index (κ2) is 9.29. The minimum absolute atomic E-state index is 0.00601. The van der Waals surface area contributed by atoms with Gasteiger partial charge in [-0.2, -0.15) is 5.10 Å². The van der Waals surface area contributed by atoms with Crippen LogP contribution in [-0.2, 0) is 25.5 Å². The maximum absolute atomic E-state index is 12.0. The molecule has 0 bridgehead atoms. The molecule has 28 heavy (non-hydrogen) atoms. The molecule has 2 heterocycles. The van der Waals surface area contributed by atoms with Gasteiger partial charge in [-0.1, -0.05) is 0 Å². The van der Waals surface area contributed by atoms with Crippen LogP contribution < -0.4 is 10.6 Å². The molecule has 0 saturated heterocycles. The van der Waals surface area contributed by atoms with E-state index in [1.807, 2.05) is 40.7 Å². The van der Waals surface area contributed by atoms with Crippen LogP contribution in [0.15, 0.2) is 6.07 Å². The van der Waals surface area contributed by atoms with Crippen molar-refractivity contribution in [2.24, 2.45) is 0 Å². The monoisotopic (exact) mass is 389 g/mol. The Kier molecular flexibility index (Phi) is 7.08. The van der Waals surface area contributed by atoms with E-state index in [4.69, 9.17) is 4.74 Å². The molecule has 152 valence electrons. The fourth-order valence-corrected chi connectivity index (χ4v) is 2.85. The van der Waals surface area contributed by atoms with Gasteiger partial charge in [-0.3, -0.25) is 14.4 Å². The van der Waals surface area contributed by atoms with E-state index in [0.29, 0.717) is 6.42 Å². The number of ether oxygens (including phenoxy) is 1. The number of amides is 2. The molecule has 2 aromatic rings. The maximum atomic E-state index is 12.0. The third-order valence-electron chi connectivity index (χ3n) is 4.13. The van der Waals surface area contributed by atoms with Crippen molar-refractivity contribution in [3.05, 3.63) is 28.7 Å². The quantitative estimate of drug-likeness (QED) is 0.645. The second-order valence-electron chi connectivity index (χ2n) is 6.98. The van der Waals surface area contributed by atoms with Gasteiger partial charge in [0.1, 0.15) is 0 Å². The summed E-state index contributed by atoms with van der Waals surface area (Å²) >= 11 is 0. The molecule has 0 unspecified atom stereocenters. The summed E-state index contributed by atoms with van der Waals surface area (Å²) in [6.45, 7) is 8.81. The normalized spacial score (nSPS) is 10.9. The van der Waals surface area contributed by atoms with Crippen LogP contribution in [0.1, 0.15) is 42.9 Å². The molecule has 2 N–H and O–H groups in total. The molecule has 0 aliphatic carbocycles. The zero-order chi connectivity index (χ0) is 20.8. The van der Waals surface area contributed by atoms with Crippen molar-refractivity contribution in [1.29, 1.82) is 0 Å². The summed E-state index contributed by atoms with van der Waals surface area (Å²) in [7, 11) is 0. The summed E-state index contributed by atoms with van der Waals surface area (Å²) in [5.41, 5.74) is 4.35. The molecule has 9 heteroatoms. The van der Waals surface area contributed by atoms with Crippen molar-refractivity contribution in [2.45, 2.75) is 53.5 Å². The van der Waals surface area contributed by atoms with Crippen molar-refractivity contribution in [3.8, 4) is 0 Å². The van der Waals surface area contributed by atoms with E-state index in [0.717, 1.165) is 28.3 Å². The number of nitrogens with one attached hydrogen (secondary N) is 2. The predicted molar refractivity (Wildman–Crippen MR) is 103 cm³/mol. The third kappa shape index (κ3) is 5.77. The molecule has 0 aromatic carbocycles. The summed E-state index contributed by atoms with van der Waals surface area (Å²) in [5.74, 6) is -1.30. The highest BCUT2D eigenvalue weighted by Gasteiger charge is 2.14. The summed E-state index contributed by atoms with van der Waals surface area (Å²) in [4.78, 5) is 39.6. The van der Waals surface area contributed by atoms with Gasteiger partial charge < -0.3 is 15.4 Å². The molecule has 0 saturated carbocycles. The Labute approximate surface area is 163 Å². The van der Waals surface area contributed by atoms with Gasteiger partial charge in [0.25, 0.3) is 5.91 Å². The zero-order valence-corrected chi connectivity index (χ0v) is 17.0. The van der Waals surface area contributed by atoms with Gasteiger partial charge in [-0.05, 0) is 46.6 Å². The molecule has 9 nitrogen and oxygen atoms in total. The number of esters is 1. The molecule has 0 fully saturated rings. The predicted octanol–water partition coefficient (Wildman–Crippen LogP) is 0.771. The highest BCUT2D eigenvalue weighted by molar-refractivity contribution is 5.86. The molecule has 2 rings (SSSR count). The molecule has 0 aliphatic heterocycles.